The van der Waals surface area contributed by atoms with Crippen molar-refractivity contribution in [3.05, 3.63) is 18.6 Å². The van der Waals surface area contributed by atoms with E-state index in [-0.39, 0.29) is 0 Å². The molecule has 1 aromatic heterocycles. The summed E-state index contributed by atoms with van der Waals surface area (Å²) in [5.41, 5.74) is 0. The van der Waals surface area contributed by atoms with Gasteiger partial charge in [0.2, 0.25) is 5.88 Å². The molecule has 2 rings (SSSR count). The van der Waals surface area contributed by atoms with Crippen molar-refractivity contribution in [1.29, 1.82) is 0 Å². The number of hydrogen-bond acceptors (Lipinski definition) is 4. The zero-order valence-corrected chi connectivity index (χ0v) is 7.14. The fraction of sp³-hybridized carbons (Fsp3) is 0.444. The molecule has 1 aliphatic rings. The number of carbonyl (C=O) groups is 1. The number of aromatic nitrogens is 2. The highest BCUT2D eigenvalue weighted by Gasteiger charge is 2.26. The van der Waals surface area contributed by atoms with Crippen molar-refractivity contribution in [2.45, 2.75) is 12.8 Å². The van der Waals surface area contributed by atoms with Crippen LogP contribution in [0.5, 0.6) is 5.88 Å². The average Bonchev–Trinajstić information content (AvgIpc) is 2.12. The smallest absolute Gasteiger partial charge is 0.232 e. The van der Waals surface area contributed by atoms with Gasteiger partial charge in [0.15, 0.2) is 0 Å². The second-order valence-electron chi connectivity index (χ2n) is 3.17. The minimum absolute atomic E-state index is 0.327. The van der Waals surface area contributed by atoms with Gasteiger partial charge >= 0.3 is 0 Å². The van der Waals surface area contributed by atoms with Crippen LogP contribution >= 0.6 is 0 Å². The Bertz CT molecular complexity index is 292. The van der Waals surface area contributed by atoms with Crippen LogP contribution in [0.1, 0.15) is 12.8 Å². The molecule has 0 radical (unpaired) electrons. The van der Waals surface area contributed by atoms with E-state index in [9.17, 15) is 4.79 Å². The Hall–Kier alpha value is -1.45. The lowest BCUT2D eigenvalue weighted by molar-refractivity contribution is -0.127. The van der Waals surface area contributed by atoms with Crippen LogP contribution in [0.3, 0.4) is 0 Å². The third-order valence-corrected chi connectivity index (χ3v) is 2.04. The maximum Gasteiger partial charge on any atom is 0.232 e. The van der Waals surface area contributed by atoms with Crippen molar-refractivity contribution in [3.8, 4) is 5.88 Å². The van der Waals surface area contributed by atoms with E-state index in [0.29, 0.717) is 37.0 Å². The molecule has 0 aliphatic heterocycles. The van der Waals surface area contributed by atoms with Gasteiger partial charge in [-0.05, 0) is 0 Å². The number of nitrogens with zero attached hydrogens (tertiary/aromatic N) is 2. The lowest BCUT2D eigenvalue weighted by Gasteiger charge is -2.23. The van der Waals surface area contributed by atoms with Gasteiger partial charge in [-0.1, -0.05) is 0 Å². The molecule has 4 heteroatoms. The standard InChI is InChI=1S/C9H10N2O2/c12-8-3-7(4-8)6-13-9-5-10-1-2-11-9/h1-2,5,7H,3-4,6H2. The van der Waals surface area contributed by atoms with Crippen LogP contribution < -0.4 is 4.74 Å². The fourth-order valence-electron chi connectivity index (χ4n) is 1.27. The molecule has 68 valence electrons. The molecule has 4 nitrogen and oxygen atoms in total. The van der Waals surface area contributed by atoms with E-state index in [4.69, 9.17) is 4.74 Å². The highest BCUT2D eigenvalue weighted by atomic mass is 16.5. The molecular weight excluding hydrogens is 168 g/mol. The molecule has 0 bridgehead atoms. The lowest BCUT2D eigenvalue weighted by Crippen LogP contribution is -2.28. The second kappa shape index (κ2) is 3.51. The van der Waals surface area contributed by atoms with Crippen molar-refractivity contribution in [2.75, 3.05) is 6.61 Å². The van der Waals surface area contributed by atoms with Crippen LogP contribution in [0.15, 0.2) is 18.6 Å². The van der Waals surface area contributed by atoms with E-state index in [0.717, 1.165) is 0 Å². The van der Waals surface area contributed by atoms with Crippen LogP contribution in [0.25, 0.3) is 0 Å². The molecule has 0 saturated heterocycles. The summed E-state index contributed by atoms with van der Waals surface area (Å²) in [4.78, 5) is 18.5. The number of ether oxygens (including phenoxy) is 1. The predicted octanol–water partition coefficient (Wildman–Crippen LogP) is 0.834. The summed E-state index contributed by atoms with van der Waals surface area (Å²) in [5, 5.41) is 0. The SMILES string of the molecule is O=C1CC(COc2cnccn2)C1. The maximum absolute atomic E-state index is 10.6. The van der Waals surface area contributed by atoms with Gasteiger partial charge in [-0.15, -0.1) is 0 Å². The van der Waals surface area contributed by atoms with Gasteiger partial charge in [-0.25, -0.2) is 4.98 Å². The van der Waals surface area contributed by atoms with E-state index in [2.05, 4.69) is 9.97 Å². The lowest BCUT2D eigenvalue weighted by atomic mass is 9.85. The summed E-state index contributed by atoms with van der Waals surface area (Å²) >= 11 is 0. The molecule has 0 amide bonds. The topological polar surface area (TPSA) is 52.1 Å². The summed E-state index contributed by atoms with van der Waals surface area (Å²) < 4.78 is 5.33. The van der Waals surface area contributed by atoms with E-state index in [1.807, 2.05) is 0 Å². The normalized spacial score (nSPS) is 16.8. The number of Topliss-reactive ketones (excluding diaryl/α,β-unsaturated/α-hetero) is 1. The number of hydrogen-bond donors (Lipinski definition) is 0. The molecule has 1 aromatic rings. The first-order valence-electron chi connectivity index (χ1n) is 4.25. The zero-order chi connectivity index (χ0) is 9.10. The van der Waals surface area contributed by atoms with Gasteiger partial charge in [0.05, 0.1) is 12.8 Å². The average molecular weight is 178 g/mol. The van der Waals surface area contributed by atoms with Crippen LogP contribution in [-0.2, 0) is 4.79 Å². The third kappa shape index (κ3) is 2.02. The van der Waals surface area contributed by atoms with Crippen molar-refractivity contribution in [3.63, 3.8) is 0 Å². The Balaban J connectivity index is 1.77. The molecule has 0 spiro atoms. The fourth-order valence-corrected chi connectivity index (χ4v) is 1.27. The quantitative estimate of drug-likeness (QED) is 0.688. The first kappa shape index (κ1) is 8.16. The van der Waals surface area contributed by atoms with Crippen LogP contribution in [-0.4, -0.2) is 22.4 Å². The van der Waals surface area contributed by atoms with Gasteiger partial charge in [0, 0.05) is 31.2 Å². The van der Waals surface area contributed by atoms with Gasteiger partial charge in [-0.3, -0.25) is 9.78 Å². The van der Waals surface area contributed by atoms with Crippen molar-refractivity contribution >= 4 is 5.78 Å². The van der Waals surface area contributed by atoms with Gasteiger partial charge < -0.3 is 4.74 Å². The molecule has 1 heterocycles. The third-order valence-electron chi connectivity index (χ3n) is 2.04. The summed E-state index contributed by atoms with van der Waals surface area (Å²) in [7, 11) is 0. The van der Waals surface area contributed by atoms with Crippen LogP contribution in [0.4, 0.5) is 0 Å². The highest BCUT2D eigenvalue weighted by Crippen LogP contribution is 2.22. The Kier molecular flexibility index (Phi) is 2.21. The van der Waals surface area contributed by atoms with E-state index < -0.39 is 0 Å². The van der Waals surface area contributed by atoms with Gasteiger partial charge in [0.25, 0.3) is 0 Å². The molecular formula is C9H10N2O2. The number of carbonyl (C=O) groups excluding carboxylic acids is 1. The molecule has 0 atom stereocenters. The first-order valence-corrected chi connectivity index (χ1v) is 4.25. The Morgan fingerprint density at radius 2 is 2.31 bits per heavy atom. The van der Waals surface area contributed by atoms with E-state index in [1.54, 1.807) is 18.6 Å². The molecule has 0 aromatic carbocycles. The number of rotatable bonds is 3. The number of ketones is 1. The minimum Gasteiger partial charge on any atom is -0.476 e. The Labute approximate surface area is 76.0 Å². The minimum atomic E-state index is 0.327. The monoisotopic (exact) mass is 178 g/mol. The van der Waals surface area contributed by atoms with Crippen molar-refractivity contribution < 1.29 is 9.53 Å². The van der Waals surface area contributed by atoms with Crippen molar-refractivity contribution in [1.82, 2.24) is 9.97 Å². The molecule has 13 heavy (non-hydrogen) atoms. The Morgan fingerprint density at radius 1 is 1.46 bits per heavy atom. The zero-order valence-electron chi connectivity index (χ0n) is 7.14. The van der Waals surface area contributed by atoms with E-state index in [1.165, 1.54) is 0 Å². The summed E-state index contributed by atoms with van der Waals surface area (Å²) in [6, 6.07) is 0. The predicted molar refractivity (Wildman–Crippen MR) is 45.3 cm³/mol. The van der Waals surface area contributed by atoms with Crippen LogP contribution in [0, 0.1) is 5.92 Å². The molecule has 0 N–H and O–H groups in total. The Morgan fingerprint density at radius 3 is 2.92 bits per heavy atom. The molecule has 0 unspecified atom stereocenters. The van der Waals surface area contributed by atoms with Crippen molar-refractivity contribution in [2.24, 2.45) is 5.92 Å². The molecule has 1 fully saturated rings. The molecule has 1 saturated carbocycles. The largest absolute Gasteiger partial charge is 0.476 e. The van der Waals surface area contributed by atoms with Gasteiger partial charge in [0.1, 0.15) is 5.78 Å². The van der Waals surface area contributed by atoms with E-state index >= 15 is 0 Å². The maximum atomic E-state index is 10.6. The van der Waals surface area contributed by atoms with Gasteiger partial charge in [-0.2, -0.15) is 0 Å². The second-order valence-corrected chi connectivity index (χ2v) is 3.17. The summed E-state index contributed by atoms with van der Waals surface area (Å²) in [6.45, 7) is 0.574. The first-order chi connectivity index (χ1) is 6.34. The molecule has 1 aliphatic carbocycles. The summed E-state index contributed by atoms with van der Waals surface area (Å²) in [6.07, 6.45) is 6.06. The highest BCUT2D eigenvalue weighted by molar-refractivity contribution is 5.84. The summed E-state index contributed by atoms with van der Waals surface area (Å²) in [5.74, 6) is 1.24. The van der Waals surface area contributed by atoms with Crippen LogP contribution in [0.2, 0.25) is 0 Å².